The van der Waals surface area contributed by atoms with Crippen molar-refractivity contribution in [3.05, 3.63) is 53.8 Å². The van der Waals surface area contributed by atoms with Crippen LogP contribution in [0, 0.1) is 5.82 Å². The van der Waals surface area contributed by atoms with Crippen LogP contribution in [0.3, 0.4) is 0 Å². The average Bonchev–Trinajstić information content (AvgIpc) is 3.13. The SMILES string of the molecule is CC(=O)O.NCCOc1ccc(F)cc1C(=O)NCCCn1nnc2ccccc21. The number of ether oxygens (including phenoxy) is 1. The second kappa shape index (κ2) is 11.5. The number of hydrogen-bond acceptors (Lipinski definition) is 6. The Kier molecular flexibility index (Phi) is 8.70. The molecule has 3 aromatic rings. The smallest absolute Gasteiger partial charge is 0.300 e. The van der Waals surface area contributed by atoms with Gasteiger partial charge in [-0.2, -0.15) is 0 Å². The molecular formula is C20H24FN5O4. The summed E-state index contributed by atoms with van der Waals surface area (Å²) in [5.74, 6) is -1.40. The molecule has 10 heteroatoms. The van der Waals surface area contributed by atoms with Crippen molar-refractivity contribution in [2.75, 3.05) is 19.7 Å². The molecule has 30 heavy (non-hydrogen) atoms. The summed E-state index contributed by atoms with van der Waals surface area (Å²) in [6, 6.07) is 11.5. The average molecular weight is 417 g/mol. The third-order valence-corrected chi connectivity index (χ3v) is 3.81. The van der Waals surface area contributed by atoms with E-state index in [-0.39, 0.29) is 18.1 Å². The van der Waals surface area contributed by atoms with Crippen LogP contribution in [0.15, 0.2) is 42.5 Å². The summed E-state index contributed by atoms with van der Waals surface area (Å²) in [5, 5.41) is 18.4. The molecule has 9 nitrogen and oxygen atoms in total. The number of hydrogen-bond donors (Lipinski definition) is 3. The Labute approximate surface area is 172 Å². The minimum Gasteiger partial charge on any atom is -0.491 e. The van der Waals surface area contributed by atoms with Gasteiger partial charge in [0.1, 0.15) is 23.7 Å². The van der Waals surface area contributed by atoms with E-state index in [0.29, 0.717) is 31.8 Å². The lowest BCUT2D eigenvalue weighted by Gasteiger charge is -2.11. The second-order valence-corrected chi connectivity index (χ2v) is 6.21. The highest BCUT2D eigenvalue weighted by molar-refractivity contribution is 5.96. The van der Waals surface area contributed by atoms with Gasteiger partial charge in [0.15, 0.2) is 0 Å². The molecule has 1 aromatic heterocycles. The zero-order valence-electron chi connectivity index (χ0n) is 16.5. The van der Waals surface area contributed by atoms with E-state index >= 15 is 0 Å². The zero-order chi connectivity index (χ0) is 21.9. The molecule has 1 heterocycles. The number of fused-ring (bicyclic) bond motifs is 1. The summed E-state index contributed by atoms with van der Waals surface area (Å²) in [6.45, 7) is 2.68. The highest BCUT2D eigenvalue weighted by Crippen LogP contribution is 2.19. The molecule has 0 unspecified atom stereocenters. The number of carbonyl (C=O) groups excluding carboxylic acids is 1. The number of para-hydroxylation sites is 1. The van der Waals surface area contributed by atoms with Gasteiger partial charge in [0, 0.05) is 26.6 Å². The quantitative estimate of drug-likeness (QED) is 0.476. The van der Waals surface area contributed by atoms with Crippen molar-refractivity contribution in [1.29, 1.82) is 0 Å². The predicted molar refractivity (Wildman–Crippen MR) is 109 cm³/mol. The number of nitrogens with two attached hydrogens (primary N) is 1. The molecule has 160 valence electrons. The van der Waals surface area contributed by atoms with E-state index in [1.54, 1.807) is 4.68 Å². The maximum Gasteiger partial charge on any atom is 0.300 e. The number of carbonyl (C=O) groups is 2. The van der Waals surface area contributed by atoms with Crippen molar-refractivity contribution in [3.8, 4) is 5.75 Å². The van der Waals surface area contributed by atoms with Gasteiger partial charge >= 0.3 is 0 Å². The van der Waals surface area contributed by atoms with Crippen molar-refractivity contribution in [3.63, 3.8) is 0 Å². The van der Waals surface area contributed by atoms with Gasteiger partial charge in [-0.25, -0.2) is 9.07 Å². The number of halogens is 1. The first-order valence-corrected chi connectivity index (χ1v) is 9.30. The standard InChI is InChI=1S/C18H20FN5O2.C2H4O2/c19-13-6-7-17(26-11-8-20)14(12-13)18(25)21-9-3-10-24-16-5-2-1-4-15(16)22-23-24;1-2(3)4/h1-2,4-7,12H,3,8-11,20H2,(H,21,25);1H3,(H,3,4). The van der Waals surface area contributed by atoms with Gasteiger partial charge in [-0.1, -0.05) is 17.3 Å². The van der Waals surface area contributed by atoms with E-state index in [2.05, 4.69) is 15.6 Å². The molecule has 1 amide bonds. The Balaban J connectivity index is 0.000000735. The lowest BCUT2D eigenvalue weighted by atomic mass is 10.1. The number of nitrogens with zero attached hydrogens (tertiary/aromatic N) is 3. The summed E-state index contributed by atoms with van der Waals surface area (Å²) < 4.78 is 20.7. The number of amides is 1. The van der Waals surface area contributed by atoms with Crippen LogP contribution in [0.1, 0.15) is 23.7 Å². The number of benzene rings is 2. The van der Waals surface area contributed by atoms with Crippen LogP contribution in [0.4, 0.5) is 4.39 Å². The number of nitrogens with one attached hydrogen (secondary N) is 1. The number of aryl methyl sites for hydroxylation is 1. The summed E-state index contributed by atoms with van der Waals surface area (Å²) in [4.78, 5) is 21.3. The van der Waals surface area contributed by atoms with Crippen LogP contribution in [-0.2, 0) is 11.3 Å². The van der Waals surface area contributed by atoms with Gasteiger partial charge in [-0.3, -0.25) is 9.59 Å². The van der Waals surface area contributed by atoms with Gasteiger partial charge in [-0.15, -0.1) is 5.10 Å². The van der Waals surface area contributed by atoms with Gasteiger partial charge in [0.25, 0.3) is 11.9 Å². The van der Waals surface area contributed by atoms with E-state index in [1.807, 2.05) is 24.3 Å². The third-order valence-electron chi connectivity index (χ3n) is 3.81. The molecule has 0 saturated carbocycles. The van der Waals surface area contributed by atoms with E-state index in [0.717, 1.165) is 24.0 Å². The molecule has 2 aromatic carbocycles. The van der Waals surface area contributed by atoms with Crippen LogP contribution >= 0.6 is 0 Å². The Morgan fingerprint density at radius 2 is 2.00 bits per heavy atom. The minimum atomic E-state index is -0.833. The van der Waals surface area contributed by atoms with Crippen LogP contribution in [0.2, 0.25) is 0 Å². The van der Waals surface area contributed by atoms with Crippen molar-refractivity contribution < 1.29 is 23.8 Å². The molecule has 3 rings (SSSR count). The molecule has 0 atom stereocenters. The molecule has 0 aliphatic carbocycles. The van der Waals surface area contributed by atoms with Crippen molar-refractivity contribution in [1.82, 2.24) is 20.3 Å². The van der Waals surface area contributed by atoms with Crippen molar-refractivity contribution >= 4 is 22.9 Å². The highest BCUT2D eigenvalue weighted by atomic mass is 19.1. The monoisotopic (exact) mass is 417 g/mol. The van der Waals surface area contributed by atoms with E-state index in [4.69, 9.17) is 20.4 Å². The molecule has 0 fully saturated rings. The van der Waals surface area contributed by atoms with E-state index in [9.17, 15) is 9.18 Å². The molecule has 0 aliphatic heterocycles. The predicted octanol–water partition coefficient (Wildman–Crippen LogP) is 1.82. The largest absolute Gasteiger partial charge is 0.491 e. The normalized spacial score (nSPS) is 10.2. The maximum absolute atomic E-state index is 13.5. The third kappa shape index (κ3) is 6.82. The number of carboxylic acid groups (broad SMARTS) is 1. The summed E-state index contributed by atoms with van der Waals surface area (Å²) in [6.07, 6.45) is 0.660. The summed E-state index contributed by atoms with van der Waals surface area (Å²) in [5.41, 5.74) is 7.34. The summed E-state index contributed by atoms with van der Waals surface area (Å²) in [7, 11) is 0. The minimum absolute atomic E-state index is 0.157. The Morgan fingerprint density at radius 3 is 2.73 bits per heavy atom. The number of carboxylic acids is 1. The Morgan fingerprint density at radius 1 is 1.27 bits per heavy atom. The van der Waals surface area contributed by atoms with E-state index in [1.165, 1.54) is 12.1 Å². The molecule has 0 bridgehead atoms. The highest BCUT2D eigenvalue weighted by Gasteiger charge is 2.13. The van der Waals surface area contributed by atoms with Crippen LogP contribution in [0.5, 0.6) is 5.75 Å². The topological polar surface area (TPSA) is 132 Å². The van der Waals surface area contributed by atoms with Gasteiger partial charge < -0.3 is 20.9 Å². The molecule has 0 saturated heterocycles. The van der Waals surface area contributed by atoms with Crippen LogP contribution in [-0.4, -0.2) is 51.7 Å². The fourth-order valence-electron chi connectivity index (χ4n) is 2.58. The fourth-order valence-corrected chi connectivity index (χ4v) is 2.58. The molecule has 0 spiro atoms. The molecule has 4 N–H and O–H groups in total. The first-order chi connectivity index (χ1) is 14.4. The Bertz CT molecular complexity index is 988. The second-order valence-electron chi connectivity index (χ2n) is 6.21. The lowest BCUT2D eigenvalue weighted by molar-refractivity contribution is -0.134. The molecule has 0 aliphatic rings. The van der Waals surface area contributed by atoms with E-state index < -0.39 is 11.8 Å². The summed E-state index contributed by atoms with van der Waals surface area (Å²) >= 11 is 0. The van der Waals surface area contributed by atoms with Crippen LogP contribution < -0.4 is 15.8 Å². The molecule has 0 radical (unpaired) electrons. The first kappa shape index (κ1) is 22.8. The number of rotatable bonds is 8. The zero-order valence-corrected chi connectivity index (χ0v) is 16.5. The molecular weight excluding hydrogens is 393 g/mol. The van der Waals surface area contributed by atoms with Crippen molar-refractivity contribution in [2.45, 2.75) is 19.9 Å². The van der Waals surface area contributed by atoms with Gasteiger partial charge in [0.05, 0.1) is 11.1 Å². The van der Waals surface area contributed by atoms with Gasteiger partial charge in [-0.05, 0) is 36.8 Å². The van der Waals surface area contributed by atoms with Crippen LogP contribution in [0.25, 0.3) is 11.0 Å². The fraction of sp³-hybridized carbons (Fsp3) is 0.300. The first-order valence-electron chi connectivity index (χ1n) is 9.30. The number of aromatic nitrogens is 3. The lowest BCUT2D eigenvalue weighted by Crippen LogP contribution is -2.26. The van der Waals surface area contributed by atoms with Crippen molar-refractivity contribution in [2.24, 2.45) is 5.73 Å². The van der Waals surface area contributed by atoms with Gasteiger partial charge in [0.2, 0.25) is 0 Å². The number of aliphatic carboxylic acids is 1. The maximum atomic E-state index is 13.5. The Hall–Kier alpha value is -3.53.